The molecule has 0 amide bonds. The van der Waals surface area contributed by atoms with Crippen LogP contribution in [0.1, 0.15) is 179 Å². The van der Waals surface area contributed by atoms with E-state index in [0.29, 0.717) is 15.7 Å². The van der Waals surface area contributed by atoms with Crippen LogP contribution in [-0.2, 0) is 0 Å². The normalized spacial score (nSPS) is 18.1. The average molecular weight is 880 g/mol. The van der Waals surface area contributed by atoms with E-state index in [2.05, 4.69) is 219 Å². The lowest BCUT2D eigenvalue weighted by Gasteiger charge is -2.39. The van der Waals surface area contributed by atoms with E-state index in [0.717, 1.165) is 19.3 Å². The van der Waals surface area contributed by atoms with Gasteiger partial charge in [0.15, 0.2) is 0 Å². The first-order valence-electron chi connectivity index (χ1n) is 20.4. The van der Waals surface area contributed by atoms with Crippen molar-refractivity contribution in [3.8, 4) is 0 Å². The molecule has 6 atom stereocenters. The average Bonchev–Trinajstić information content (AvgIpc) is 3.12. The second-order valence-electron chi connectivity index (χ2n) is 15.8. The SMILES string of the molecule is C=CCCC(C)(SSSC(CCC(C)=CC)C(C)(CCC=C(C)C)SC)C(CCC(C)=CCC)SSSC(C)(CCC)C(CCC(C)=CCCC)SC. The van der Waals surface area contributed by atoms with Crippen molar-refractivity contribution in [1.82, 2.24) is 0 Å². The van der Waals surface area contributed by atoms with E-state index in [9.17, 15) is 0 Å². The van der Waals surface area contributed by atoms with Gasteiger partial charge in [-0.15, -0.1) is 6.58 Å². The summed E-state index contributed by atoms with van der Waals surface area (Å²) in [4.78, 5) is 0. The van der Waals surface area contributed by atoms with Crippen molar-refractivity contribution in [3.05, 3.63) is 59.3 Å². The van der Waals surface area contributed by atoms with Crippen LogP contribution < -0.4 is 0 Å². The molecule has 0 radical (unpaired) electrons. The highest BCUT2D eigenvalue weighted by Gasteiger charge is 2.40. The third-order valence-corrected chi connectivity index (χ3v) is 25.0. The maximum absolute atomic E-state index is 4.19. The van der Waals surface area contributed by atoms with E-state index in [1.165, 1.54) is 88.2 Å². The lowest BCUT2D eigenvalue weighted by atomic mass is 9.95. The molecule has 8 heteroatoms. The first-order valence-corrected chi connectivity index (χ1v) is 30.0. The molecule has 0 aromatic carbocycles. The van der Waals surface area contributed by atoms with Crippen LogP contribution in [0, 0.1) is 0 Å². The van der Waals surface area contributed by atoms with Gasteiger partial charge < -0.3 is 0 Å². The van der Waals surface area contributed by atoms with E-state index < -0.39 is 0 Å². The van der Waals surface area contributed by atoms with Gasteiger partial charge in [-0.05, 0) is 178 Å². The van der Waals surface area contributed by atoms with Crippen LogP contribution in [0.2, 0.25) is 0 Å². The van der Waals surface area contributed by atoms with Crippen LogP contribution >= 0.6 is 86.4 Å². The molecule has 0 N–H and O–H groups in total. The molecule has 0 bridgehead atoms. The smallest absolute Gasteiger partial charge is 0.0373 e. The van der Waals surface area contributed by atoms with Gasteiger partial charge in [-0.3, -0.25) is 0 Å². The quantitative estimate of drug-likeness (QED) is 0.0466. The zero-order chi connectivity index (χ0) is 40.3. The highest BCUT2D eigenvalue weighted by atomic mass is 33.5. The minimum atomic E-state index is 0.138. The standard InChI is InChI=1S/C45H82S8/c1-16-21-26-39(10)28-30-40(46-14)44(12,33-19-4)50-53-49-42(32-29-38(9)24-18-3)45(13,34-22-17-2)51-52-48-41(31-27-37(8)20-5)43(11,47-15)35-23-25-36(6)7/h17,20,24-26,40-42H,2,16,18-19,21-23,27-35H2,1,3-15H3. The first kappa shape index (κ1) is 54.5. The second-order valence-corrected chi connectivity index (χ2v) is 27.6. The molecule has 0 nitrogen and oxygen atoms in total. The molecule has 0 aromatic heterocycles. The van der Waals surface area contributed by atoms with Gasteiger partial charge in [0.1, 0.15) is 0 Å². The summed E-state index contributed by atoms with van der Waals surface area (Å²) in [6.45, 7) is 32.5. The minimum Gasteiger partial charge on any atom is -0.161 e. The van der Waals surface area contributed by atoms with Gasteiger partial charge in [-0.1, -0.05) is 129 Å². The Morgan fingerprint density at radius 3 is 1.58 bits per heavy atom. The van der Waals surface area contributed by atoms with Crippen LogP contribution in [-0.4, -0.2) is 42.5 Å². The minimum absolute atomic E-state index is 0.138. The Labute approximate surface area is 364 Å². The monoisotopic (exact) mass is 878 g/mol. The van der Waals surface area contributed by atoms with E-state index in [4.69, 9.17) is 0 Å². The van der Waals surface area contributed by atoms with Crippen LogP contribution in [0.4, 0.5) is 0 Å². The molecule has 0 saturated heterocycles. The van der Waals surface area contributed by atoms with E-state index >= 15 is 0 Å². The Morgan fingerprint density at radius 2 is 1.11 bits per heavy atom. The van der Waals surface area contributed by atoms with Crippen LogP contribution in [0.25, 0.3) is 0 Å². The zero-order valence-electron chi connectivity index (χ0n) is 36.7. The molecule has 0 rings (SSSR count). The van der Waals surface area contributed by atoms with E-state index in [1.807, 2.05) is 0 Å². The van der Waals surface area contributed by atoms with E-state index in [-0.39, 0.29) is 14.2 Å². The third-order valence-electron chi connectivity index (χ3n) is 10.6. The van der Waals surface area contributed by atoms with Gasteiger partial charge in [0.2, 0.25) is 0 Å². The molecular formula is C45H82S8. The summed E-state index contributed by atoms with van der Waals surface area (Å²) in [5.74, 6) is 0. The lowest BCUT2D eigenvalue weighted by Crippen LogP contribution is -2.34. The predicted octanol–water partition coefficient (Wildman–Crippen LogP) is 19.1. The molecule has 6 unspecified atom stereocenters. The predicted molar refractivity (Wildman–Crippen MR) is 272 cm³/mol. The summed E-state index contributed by atoms with van der Waals surface area (Å²) in [5, 5.41) is 1.78. The summed E-state index contributed by atoms with van der Waals surface area (Å²) in [6, 6.07) is 0. The summed E-state index contributed by atoms with van der Waals surface area (Å²) in [7, 11) is 13.0. The van der Waals surface area contributed by atoms with Crippen LogP contribution in [0.3, 0.4) is 0 Å². The number of hydrogen-bond donors (Lipinski definition) is 0. The van der Waals surface area contributed by atoms with Crippen molar-refractivity contribution >= 4 is 86.4 Å². The zero-order valence-corrected chi connectivity index (χ0v) is 43.2. The van der Waals surface area contributed by atoms with Gasteiger partial charge >= 0.3 is 0 Å². The maximum Gasteiger partial charge on any atom is 0.0373 e. The third kappa shape index (κ3) is 23.0. The van der Waals surface area contributed by atoms with Crippen molar-refractivity contribution in [2.45, 2.75) is 209 Å². The Balaban J connectivity index is 6.35. The Bertz CT molecular complexity index is 1090. The number of thioether (sulfide) groups is 2. The molecule has 0 aliphatic carbocycles. The Hall–Kier alpha value is 1.50. The van der Waals surface area contributed by atoms with Crippen LogP contribution in [0.15, 0.2) is 59.3 Å². The highest BCUT2D eigenvalue weighted by Crippen LogP contribution is 2.59. The van der Waals surface area contributed by atoms with E-state index in [1.54, 1.807) is 11.1 Å². The largest absolute Gasteiger partial charge is 0.161 e. The summed E-state index contributed by atoms with van der Waals surface area (Å²) in [6.07, 6.45) is 34.5. The van der Waals surface area contributed by atoms with Gasteiger partial charge in [-0.2, -0.15) is 23.5 Å². The molecule has 0 aromatic rings. The molecule has 0 saturated carbocycles. The van der Waals surface area contributed by atoms with Gasteiger partial charge in [0.05, 0.1) is 0 Å². The Kier molecular flexibility index (Phi) is 32.3. The summed E-state index contributed by atoms with van der Waals surface area (Å²) >= 11 is 4.19. The molecule has 53 heavy (non-hydrogen) atoms. The number of hydrogen-bond acceptors (Lipinski definition) is 8. The topological polar surface area (TPSA) is 0 Å². The summed E-state index contributed by atoms with van der Waals surface area (Å²) < 4.78 is 0.626. The maximum atomic E-state index is 4.19. The fourth-order valence-corrected chi connectivity index (χ4v) is 22.6. The van der Waals surface area contributed by atoms with Crippen molar-refractivity contribution < 1.29 is 0 Å². The number of unbranched alkanes of at least 4 members (excludes halogenated alkanes) is 1. The fraction of sp³-hybridized carbons (Fsp3) is 0.778. The van der Waals surface area contributed by atoms with Crippen molar-refractivity contribution in [2.75, 3.05) is 12.5 Å². The van der Waals surface area contributed by atoms with Crippen molar-refractivity contribution in [2.24, 2.45) is 0 Å². The lowest BCUT2D eigenvalue weighted by molar-refractivity contribution is 0.531. The molecule has 310 valence electrons. The molecular weight excluding hydrogens is 797 g/mol. The molecule has 0 aliphatic heterocycles. The fourth-order valence-electron chi connectivity index (χ4n) is 6.48. The number of allylic oxidation sites excluding steroid dienone is 9. The second kappa shape index (κ2) is 31.4. The molecule has 0 fully saturated rings. The van der Waals surface area contributed by atoms with Crippen molar-refractivity contribution in [1.29, 1.82) is 0 Å². The van der Waals surface area contributed by atoms with Crippen molar-refractivity contribution in [3.63, 3.8) is 0 Å². The Morgan fingerprint density at radius 1 is 0.604 bits per heavy atom. The van der Waals surface area contributed by atoms with Gasteiger partial charge in [-0.25, -0.2) is 0 Å². The molecule has 0 heterocycles. The highest BCUT2D eigenvalue weighted by molar-refractivity contribution is 9.10. The number of rotatable bonds is 33. The molecule has 0 aliphatic rings. The van der Waals surface area contributed by atoms with Gasteiger partial charge in [0.25, 0.3) is 0 Å². The van der Waals surface area contributed by atoms with Crippen LogP contribution in [0.5, 0.6) is 0 Å². The molecule has 0 spiro atoms. The summed E-state index contributed by atoms with van der Waals surface area (Å²) in [5.41, 5.74) is 6.07. The first-order chi connectivity index (χ1) is 25.1. The van der Waals surface area contributed by atoms with Gasteiger partial charge in [0, 0.05) is 30.0 Å².